The van der Waals surface area contributed by atoms with Crippen molar-refractivity contribution in [1.82, 2.24) is 9.97 Å². The number of aromatic carboxylic acids is 1. The molecule has 0 unspecified atom stereocenters. The SMILES string of the molecule is Cc1nc(-c2nc(C(C)(C)C)c(C(=O)O)o2)cs1. The second kappa shape index (κ2) is 4.20. The van der Waals surface area contributed by atoms with E-state index < -0.39 is 5.97 Å². The van der Waals surface area contributed by atoms with Gasteiger partial charge in [0.1, 0.15) is 11.4 Å². The molecule has 0 spiro atoms. The van der Waals surface area contributed by atoms with Crippen molar-refractivity contribution in [1.29, 1.82) is 0 Å². The fourth-order valence-corrected chi connectivity index (χ4v) is 2.13. The van der Waals surface area contributed by atoms with Gasteiger partial charge in [-0.05, 0) is 6.92 Å². The van der Waals surface area contributed by atoms with Crippen molar-refractivity contribution in [3.63, 3.8) is 0 Å². The van der Waals surface area contributed by atoms with Crippen molar-refractivity contribution in [3.8, 4) is 11.6 Å². The number of carboxylic acid groups (broad SMARTS) is 1. The Balaban J connectivity index is 2.56. The second-order valence-electron chi connectivity index (χ2n) is 5.00. The Bertz CT molecular complexity index is 593. The van der Waals surface area contributed by atoms with Crippen molar-refractivity contribution >= 4 is 17.3 Å². The van der Waals surface area contributed by atoms with Crippen molar-refractivity contribution in [2.24, 2.45) is 0 Å². The summed E-state index contributed by atoms with van der Waals surface area (Å²) < 4.78 is 5.34. The second-order valence-corrected chi connectivity index (χ2v) is 6.07. The van der Waals surface area contributed by atoms with E-state index in [2.05, 4.69) is 9.97 Å². The van der Waals surface area contributed by atoms with Crippen LogP contribution < -0.4 is 0 Å². The minimum atomic E-state index is -1.11. The molecule has 0 aliphatic rings. The standard InChI is InChI=1S/C12H14N2O3S/c1-6-13-7(5-18-6)10-14-9(12(2,3)4)8(17-10)11(15)16/h5H,1-4H3,(H,15,16). The van der Waals surface area contributed by atoms with E-state index in [1.807, 2.05) is 27.7 Å². The van der Waals surface area contributed by atoms with Crippen LogP contribution in [0, 0.1) is 6.92 Å². The fourth-order valence-electron chi connectivity index (χ4n) is 1.54. The van der Waals surface area contributed by atoms with Crippen molar-refractivity contribution in [2.45, 2.75) is 33.1 Å². The highest BCUT2D eigenvalue weighted by Gasteiger charge is 2.29. The first kappa shape index (κ1) is 12.8. The number of carboxylic acids is 1. The Morgan fingerprint density at radius 2 is 2.06 bits per heavy atom. The summed E-state index contributed by atoms with van der Waals surface area (Å²) in [4.78, 5) is 19.7. The molecule has 5 nitrogen and oxygen atoms in total. The van der Waals surface area contributed by atoms with Crippen molar-refractivity contribution in [2.75, 3.05) is 0 Å². The van der Waals surface area contributed by atoms with Gasteiger partial charge in [-0.15, -0.1) is 11.3 Å². The van der Waals surface area contributed by atoms with Crippen molar-refractivity contribution in [3.05, 3.63) is 21.8 Å². The molecular formula is C12H14N2O3S. The summed E-state index contributed by atoms with van der Waals surface area (Å²) in [7, 11) is 0. The van der Waals surface area contributed by atoms with Gasteiger partial charge in [-0.25, -0.2) is 14.8 Å². The number of oxazole rings is 1. The monoisotopic (exact) mass is 266 g/mol. The van der Waals surface area contributed by atoms with Gasteiger partial charge >= 0.3 is 5.97 Å². The molecule has 0 aliphatic carbocycles. The van der Waals surface area contributed by atoms with Gasteiger partial charge in [0.2, 0.25) is 11.7 Å². The molecule has 18 heavy (non-hydrogen) atoms. The van der Waals surface area contributed by atoms with Gasteiger partial charge in [0.15, 0.2) is 0 Å². The molecule has 0 aromatic carbocycles. The largest absolute Gasteiger partial charge is 0.475 e. The van der Waals surface area contributed by atoms with E-state index in [9.17, 15) is 4.79 Å². The zero-order valence-corrected chi connectivity index (χ0v) is 11.5. The summed E-state index contributed by atoms with van der Waals surface area (Å²) in [6.45, 7) is 7.56. The number of thiazole rings is 1. The van der Waals surface area contributed by atoms with Gasteiger partial charge in [-0.3, -0.25) is 0 Å². The lowest BCUT2D eigenvalue weighted by molar-refractivity contribution is 0.0659. The number of rotatable bonds is 2. The summed E-state index contributed by atoms with van der Waals surface area (Å²) in [5.41, 5.74) is 0.631. The van der Waals surface area contributed by atoms with Gasteiger partial charge in [0.05, 0.1) is 5.01 Å². The molecule has 0 amide bonds. The molecule has 0 bridgehead atoms. The Morgan fingerprint density at radius 3 is 2.44 bits per heavy atom. The highest BCUT2D eigenvalue weighted by atomic mass is 32.1. The first-order chi connectivity index (χ1) is 8.29. The highest BCUT2D eigenvalue weighted by molar-refractivity contribution is 7.09. The minimum absolute atomic E-state index is 0.108. The van der Waals surface area contributed by atoms with Gasteiger partial charge in [-0.1, -0.05) is 20.8 Å². The number of nitrogens with zero attached hydrogens (tertiary/aromatic N) is 2. The van der Waals surface area contributed by atoms with Gasteiger partial charge < -0.3 is 9.52 Å². The van der Waals surface area contributed by atoms with Gasteiger partial charge in [-0.2, -0.15) is 0 Å². The molecule has 0 radical (unpaired) electrons. The molecular weight excluding hydrogens is 252 g/mol. The van der Waals surface area contributed by atoms with Crippen LogP contribution in [-0.2, 0) is 5.41 Å². The fraction of sp³-hybridized carbons (Fsp3) is 0.417. The maximum absolute atomic E-state index is 11.2. The summed E-state index contributed by atoms with van der Waals surface area (Å²) in [5, 5.41) is 11.8. The molecule has 2 aromatic rings. The van der Waals surface area contributed by atoms with E-state index in [-0.39, 0.29) is 17.1 Å². The van der Waals surface area contributed by atoms with Crippen LogP contribution in [0.3, 0.4) is 0 Å². The van der Waals surface area contributed by atoms with Gasteiger partial charge in [0, 0.05) is 10.8 Å². The Hall–Kier alpha value is -1.69. The Labute approximate surface area is 109 Å². The molecule has 96 valence electrons. The molecule has 0 aliphatic heterocycles. The number of carbonyl (C=O) groups is 1. The predicted octanol–water partition coefficient (Wildman–Crippen LogP) is 3.10. The minimum Gasteiger partial charge on any atom is -0.475 e. The lowest BCUT2D eigenvalue weighted by Gasteiger charge is -2.14. The van der Waals surface area contributed by atoms with Crippen LogP contribution in [-0.4, -0.2) is 21.0 Å². The van der Waals surface area contributed by atoms with Crippen LogP contribution in [0.4, 0.5) is 0 Å². The molecule has 6 heteroatoms. The molecule has 2 aromatic heterocycles. The third-order valence-corrected chi connectivity index (χ3v) is 3.14. The predicted molar refractivity (Wildman–Crippen MR) is 68.0 cm³/mol. The molecule has 2 rings (SSSR count). The van der Waals surface area contributed by atoms with E-state index in [0.717, 1.165) is 5.01 Å². The van der Waals surface area contributed by atoms with Gasteiger partial charge in [0.25, 0.3) is 0 Å². The molecule has 0 saturated heterocycles. The average molecular weight is 266 g/mol. The summed E-state index contributed by atoms with van der Waals surface area (Å²) in [6.07, 6.45) is 0. The zero-order valence-electron chi connectivity index (χ0n) is 10.6. The third kappa shape index (κ3) is 2.28. The first-order valence-corrected chi connectivity index (χ1v) is 6.34. The topological polar surface area (TPSA) is 76.2 Å². The Morgan fingerprint density at radius 1 is 1.39 bits per heavy atom. The van der Waals surface area contributed by atoms with Crippen LogP contribution in [0.1, 0.15) is 42.0 Å². The van der Waals surface area contributed by atoms with Crippen LogP contribution in [0.2, 0.25) is 0 Å². The normalized spacial score (nSPS) is 11.8. The zero-order chi connectivity index (χ0) is 13.5. The van der Waals surface area contributed by atoms with Crippen LogP contribution in [0.15, 0.2) is 9.80 Å². The lowest BCUT2D eigenvalue weighted by atomic mass is 9.91. The van der Waals surface area contributed by atoms with Crippen LogP contribution in [0.5, 0.6) is 0 Å². The maximum atomic E-state index is 11.2. The highest BCUT2D eigenvalue weighted by Crippen LogP contribution is 2.30. The smallest absolute Gasteiger partial charge is 0.373 e. The molecule has 0 saturated carbocycles. The molecule has 1 N–H and O–H groups in total. The van der Waals surface area contributed by atoms with E-state index in [1.165, 1.54) is 11.3 Å². The maximum Gasteiger partial charge on any atom is 0.373 e. The summed E-state index contributed by atoms with van der Waals surface area (Å²) in [6, 6.07) is 0. The van der Waals surface area contributed by atoms with E-state index in [1.54, 1.807) is 5.38 Å². The number of aryl methyl sites for hydroxylation is 1. The number of hydrogen-bond donors (Lipinski definition) is 1. The number of aromatic nitrogens is 2. The first-order valence-electron chi connectivity index (χ1n) is 5.46. The molecule has 0 atom stereocenters. The van der Waals surface area contributed by atoms with Crippen LogP contribution >= 0.6 is 11.3 Å². The quantitative estimate of drug-likeness (QED) is 0.903. The number of hydrogen-bond acceptors (Lipinski definition) is 5. The third-order valence-electron chi connectivity index (χ3n) is 2.37. The molecule has 2 heterocycles. The average Bonchev–Trinajstić information content (AvgIpc) is 2.81. The van der Waals surface area contributed by atoms with E-state index >= 15 is 0 Å². The Kier molecular flexibility index (Phi) is 2.98. The summed E-state index contributed by atoms with van der Waals surface area (Å²) >= 11 is 1.47. The van der Waals surface area contributed by atoms with Crippen LogP contribution in [0.25, 0.3) is 11.6 Å². The van der Waals surface area contributed by atoms with Crippen molar-refractivity contribution < 1.29 is 14.3 Å². The summed E-state index contributed by atoms with van der Waals surface area (Å²) in [5.74, 6) is -0.949. The molecule has 0 fully saturated rings. The van der Waals surface area contributed by atoms with E-state index in [4.69, 9.17) is 9.52 Å². The van der Waals surface area contributed by atoms with E-state index in [0.29, 0.717) is 11.4 Å². The lowest BCUT2D eigenvalue weighted by Crippen LogP contribution is -2.16.